The van der Waals surface area contributed by atoms with Gasteiger partial charge in [-0.3, -0.25) is 4.79 Å². The molecular formula is C35H34F9N3O. The fourth-order valence-corrected chi connectivity index (χ4v) is 6.87. The van der Waals surface area contributed by atoms with Gasteiger partial charge in [-0.25, -0.2) is 0 Å². The lowest BCUT2D eigenvalue weighted by Gasteiger charge is -2.36. The fourth-order valence-electron chi connectivity index (χ4n) is 6.87. The Balaban J connectivity index is 1.21. The number of hydrogen-bond donors (Lipinski definition) is 2. The Morgan fingerprint density at radius 1 is 0.812 bits per heavy atom. The van der Waals surface area contributed by atoms with Crippen molar-refractivity contribution in [2.75, 3.05) is 26.2 Å². The van der Waals surface area contributed by atoms with Crippen LogP contribution in [0.2, 0.25) is 0 Å². The average molecular weight is 684 g/mol. The molecule has 13 heteroatoms. The summed E-state index contributed by atoms with van der Waals surface area (Å²) in [5.74, 6) is -1.21. The van der Waals surface area contributed by atoms with Crippen LogP contribution in [0.15, 0.2) is 79.0 Å². The van der Waals surface area contributed by atoms with Crippen molar-refractivity contribution < 1.29 is 44.3 Å². The van der Waals surface area contributed by atoms with E-state index in [0.717, 1.165) is 22.3 Å². The van der Waals surface area contributed by atoms with Crippen LogP contribution in [0.4, 0.5) is 39.5 Å². The molecule has 3 aromatic rings. The first kappa shape index (κ1) is 35.3. The topological polar surface area (TPSA) is 44.4 Å². The van der Waals surface area contributed by atoms with E-state index in [1.165, 1.54) is 0 Å². The van der Waals surface area contributed by atoms with Crippen molar-refractivity contribution in [3.63, 3.8) is 0 Å². The number of carbonyl (C=O) groups is 1. The maximum Gasteiger partial charge on any atom is 0.417 e. The number of piperidine rings is 1. The van der Waals surface area contributed by atoms with E-state index in [0.29, 0.717) is 57.8 Å². The van der Waals surface area contributed by atoms with Crippen molar-refractivity contribution in [2.45, 2.75) is 62.1 Å². The highest BCUT2D eigenvalue weighted by molar-refractivity contribution is 5.96. The third-order valence-corrected chi connectivity index (χ3v) is 9.18. The van der Waals surface area contributed by atoms with Gasteiger partial charge in [-0.2, -0.15) is 39.5 Å². The fraction of sp³-hybridized carbons (Fsp3) is 0.400. The molecule has 1 saturated heterocycles. The van der Waals surface area contributed by atoms with Crippen LogP contribution in [0.3, 0.4) is 0 Å². The summed E-state index contributed by atoms with van der Waals surface area (Å²) >= 11 is 0. The Morgan fingerprint density at radius 2 is 1.40 bits per heavy atom. The molecule has 1 fully saturated rings. The van der Waals surface area contributed by atoms with Gasteiger partial charge in [0, 0.05) is 24.8 Å². The van der Waals surface area contributed by atoms with Gasteiger partial charge in [0.2, 0.25) is 0 Å². The normalized spacial score (nSPS) is 16.7. The van der Waals surface area contributed by atoms with Crippen LogP contribution in [-0.2, 0) is 17.8 Å². The number of halogens is 9. The predicted molar refractivity (Wildman–Crippen MR) is 163 cm³/mol. The highest BCUT2D eigenvalue weighted by Gasteiger charge is 2.46. The summed E-state index contributed by atoms with van der Waals surface area (Å²) in [6.07, 6.45) is -11.8. The molecule has 0 spiro atoms. The molecule has 0 saturated carbocycles. The molecule has 2 aliphatic rings. The first-order valence-corrected chi connectivity index (χ1v) is 15.5. The summed E-state index contributed by atoms with van der Waals surface area (Å²) in [4.78, 5) is 14.9. The monoisotopic (exact) mass is 683 g/mol. The van der Waals surface area contributed by atoms with Crippen molar-refractivity contribution in [2.24, 2.45) is 0 Å². The van der Waals surface area contributed by atoms with Crippen LogP contribution in [0.25, 0.3) is 11.1 Å². The molecular weight excluding hydrogens is 649 g/mol. The lowest BCUT2D eigenvalue weighted by atomic mass is 9.72. The molecule has 48 heavy (non-hydrogen) atoms. The van der Waals surface area contributed by atoms with Crippen LogP contribution in [0.1, 0.15) is 64.7 Å². The highest BCUT2D eigenvalue weighted by atomic mass is 19.4. The first-order chi connectivity index (χ1) is 22.5. The quantitative estimate of drug-likeness (QED) is 0.166. The molecule has 0 radical (unpaired) electrons. The molecule has 258 valence electrons. The van der Waals surface area contributed by atoms with E-state index in [1.807, 2.05) is 48.5 Å². The van der Waals surface area contributed by atoms with Crippen molar-refractivity contribution in [3.8, 4) is 11.1 Å². The minimum absolute atomic E-state index is 0.231. The zero-order valence-electron chi connectivity index (χ0n) is 25.8. The van der Waals surface area contributed by atoms with Gasteiger partial charge < -0.3 is 15.5 Å². The molecule has 1 amide bonds. The zero-order valence-corrected chi connectivity index (χ0v) is 25.8. The molecule has 0 bridgehead atoms. The number of fused-ring (bicyclic) bond motifs is 3. The minimum atomic E-state index is -5.01. The standard InChI is InChI=1S/C35H34F9N3O/c1-22(45-21-33(36,37)38)32(28-10-4-2-8-25(28)26-9-3-5-11-29(26)32)16-6-7-17-47-18-14-24(15-19-47)46-31(48)27-20-23(34(39,40)41)12-13-30(27)35(42,43)44/h2-5,8-13,20,24,45H,1,6-7,14-19,21H2,(H,46,48). The van der Waals surface area contributed by atoms with Crippen molar-refractivity contribution in [1.82, 2.24) is 15.5 Å². The Morgan fingerprint density at radius 3 is 1.94 bits per heavy atom. The maximum absolute atomic E-state index is 13.5. The average Bonchev–Trinajstić information content (AvgIpc) is 3.32. The molecule has 0 atom stereocenters. The number of rotatable bonds is 10. The van der Waals surface area contributed by atoms with E-state index in [-0.39, 0.29) is 17.8 Å². The highest BCUT2D eigenvalue weighted by Crippen LogP contribution is 2.54. The number of hydrogen-bond acceptors (Lipinski definition) is 3. The molecule has 3 aromatic carbocycles. The van der Waals surface area contributed by atoms with Crippen LogP contribution < -0.4 is 10.6 Å². The van der Waals surface area contributed by atoms with E-state index in [1.54, 1.807) is 0 Å². The second-order valence-corrected chi connectivity index (χ2v) is 12.2. The van der Waals surface area contributed by atoms with Gasteiger partial charge in [0.05, 0.1) is 22.1 Å². The number of likely N-dealkylation sites (tertiary alicyclic amines) is 1. The van der Waals surface area contributed by atoms with E-state index in [4.69, 9.17) is 0 Å². The van der Waals surface area contributed by atoms with Crippen LogP contribution in [-0.4, -0.2) is 49.2 Å². The van der Waals surface area contributed by atoms with Gasteiger partial charge >= 0.3 is 18.5 Å². The van der Waals surface area contributed by atoms with Crippen LogP contribution in [0, 0.1) is 0 Å². The van der Waals surface area contributed by atoms with Crippen molar-refractivity contribution >= 4 is 5.91 Å². The Labute approximate surface area is 272 Å². The molecule has 1 aliphatic carbocycles. The molecule has 0 aromatic heterocycles. The van der Waals surface area contributed by atoms with E-state index >= 15 is 0 Å². The summed E-state index contributed by atoms with van der Waals surface area (Å²) in [7, 11) is 0. The Kier molecular flexibility index (Phi) is 9.92. The van der Waals surface area contributed by atoms with Gasteiger partial charge in [-0.05, 0) is 72.7 Å². The van der Waals surface area contributed by atoms with Gasteiger partial charge in [0.1, 0.15) is 6.54 Å². The van der Waals surface area contributed by atoms with E-state index in [2.05, 4.69) is 22.1 Å². The third kappa shape index (κ3) is 7.50. The lowest BCUT2D eigenvalue weighted by molar-refractivity contribution is -0.141. The Bertz CT molecular complexity index is 1590. The van der Waals surface area contributed by atoms with Crippen molar-refractivity contribution in [3.05, 3.63) is 107 Å². The third-order valence-electron chi connectivity index (χ3n) is 9.18. The largest absolute Gasteiger partial charge is 0.417 e. The second-order valence-electron chi connectivity index (χ2n) is 12.2. The predicted octanol–water partition coefficient (Wildman–Crippen LogP) is 8.72. The molecule has 1 heterocycles. The summed E-state index contributed by atoms with van der Waals surface area (Å²) in [6, 6.07) is 15.5. The van der Waals surface area contributed by atoms with Crippen LogP contribution in [0.5, 0.6) is 0 Å². The van der Waals surface area contributed by atoms with E-state index in [9.17, 15) is 44.3 Å². The number of allylic oxidation sites excluding steroid dienone is 1. The molecule has 5 rings (SSSR count). The number of nitrogens with zero attached hydrogens (tertiary/aromatic N) is 1. The number of alkyl halides is 9. The zero-order chi connectivity index (χ0) is 34.9. The SMILES string of the molecule is C=C(NCC(F)(F)F)C1(CCCCN2CCC(NC(=O)c3cc(C(F)(F)F)ccc3C(F)(F)F)CC2)c2ccccc2-c2ccccc21. The van der Waals surface area contributed by atoms with Gasteiger partial charge in [-0.1, -0.05) is 61.5 Å². The molecule has 0 unspecified atom stereocenters. The number of unbranched alkanes of at least 4 members (excludes halogenated alkanes) is 1. The molecule has 2 N–H and O–H groups in total. The van der Waals surface area contributed by atoms with E-state index < -0.39 is 59.1 Å². The summed E-state index contributed by atoms with van der Waals surface area (Å²) in [5.41, 5.74) is -0.811. The second kappa shape index (κ2) is 13.5. The van der Waals surface area contributed by atoms with Gasteiger partial charge in [0.25, 0.3) is 5.91 Å². The number of nitrogens with one attached hydrogen (secondary N) is 2. The maximum atomic E-state index is 13.5. The van der Waals surface area contributed by atoms with Gasteiger partial charge in [-0.15, -0.1) is 0 Å². The Hall–Kier alpha value is -4.00. The summed E-state index contributed by atoms with van der Waals surface area (Å²) in [6.45, 7) is 4.51. The summed E-state index contributed by atoms with van der Waals surface area (Å²) < 4.78 is 120. The lowest BCUT2D eigenvalue weighted by Crippen LogP contribution is -2.45. The number of benzene rings is 3. The van der Waals surface area contributed by atoms with Crippen molar-refractivity contribution in [1.29, 1.82) is 0 Å². The number of amides is 1. The van der Waals surface area contributed by atoms with Crippen LogP contribution >= 0.6 is 0 Å². The molecule has 4 nitrogen and oxygen atoms in total. The minimum Gasteiger partial charge on any atom is -0.379 e. The van der Waals surface area contributed by atoms with Gasteiger partial charge in [0.15, 0.2) is 0 Å². The summed E-state index contributed by atoms with van der Waals surface area (Å²) in [5, 5.41) is 5.03. The first-order valence-electron chi connectivity index (χ1n) is 15.5. The number of carbonyl (C=O) groups excluding carboxylic acids is 1. The molecule has 1 aliphatic heterocycles. The smallest absolute Gasteiger partial charge is 0.379 e.